The number of rotatable bonds is 5. The molecule has 0 unspecified atom stereocenters. The van der Waals surface area contributed by atoms with Crippen LogP contribution in [0.4, 0.5) is 5.82 Å². The fourth-order valence-corrected chi connectivity index (χ4v) is 3.19. The number of fused-ring (bicyclic) bond motifs is 1. The monoisotopic (exact) mass is 360 g/mol. The highest BCUT2D eigenvalue weighted by atomic mass is 16.2. The topological polar surface area (TPSA) is 67.2 Å². The van der Waals surface area contributed by atoms with Crippen molar-refractivity contribution in [2.45, 2.75) is 26.1 Å². The van der Waals surface area contributed by atoms with Crippen molar-refractivity contribution in [3.63, 3.8) is 0 Å². The molecule has 0 fully saturated rings. The summed E-state index contributed by atoms with van der Waals surface area (Å²) in [7, 11) is 0. The fourth-order valence-electron chi connectivity index (χ4n) is 3.19. The van der Waals surface area contributed by atoms with Gasteiger partial charge in [-0.05, 0) is 23.3 Å². The highest BCUT2D eigenvalue weighted by Crippen LogP contribution is 2.23. The summed E-state index contributed by atoms with van der Waals surface area (Å²) in [5, 5.41) is 7.15. The van der Waals surface area contributed by atoms with Crippen LogP contribution >= 0.6 is 0 Å². The number of benzene rings is 2. The molecule has 0 bridgehead atoms. The predicted octanol–water partition coefficient (Wildman–Crippen LogP) is 2.75. The molecule has 4 rings (SSSR count). The molecule has 2 aromatic carbocycles. The van der Waals surface area contributed by atoms with Crippen molar-refractivity contribution in [2.75, 3.05) is 4.90 Å². The maximum Gasteiger partial charge on any atom is 0.251 e. The van der Waals surface area contributed by atoms with Gasteiger partial charge in [-0.3, -0.25) is 14.5 Å². The summed E-state index contributed by atoms with van der Waals surface area (Å²) in [6.07, 6.45) is 2.16. The Kier molecular flexibility index (Phi) is 4.70. The Bertz CT molecular complexity index is 948. The van der Waals surface area contributed by atoms with Crippen LogP contribution in [0.1, 0.15) is 27.9 Å². The Morgan fingerprint density at radius 2 is 1.78 bits per heavy atom. The quantitative estimate of drug-likeness (QED) is 0.761. The van der Waals surface area contributed by atoms with Crippen LogP contribution < -0.4 is 10.2 Å². The Labute approximate surface area is 157 Å². The van der Waals surface area contributed by atoms with Crippen LogP contribution in [0.2, 0.25) is 0 Å². The standard InChI is InChI=1S/C21H20N4O2/c26-20-11-13-25-19(10-12-23-25)24(20)15-17-6-8-18(9-7-17)21(27)22-14-16-4-2-1-3-5-16/h1-10,12H,11,13-15H2,(H,22,27). The Balaban J connectivity index is 1.41. The van der Waals surface area contributed by atoms with Gasteiger partial charge in [0, 0.05) is 24.6 Å². The van der Waals surface area contributed by atoms with E-state index in [2.05, 4.69) is 10.4 Å². The summed E-state index contributed by atoms with van der Waals surface area (Å²) in [5.74, 6) is 0.793. The van der Waals surface area contributed by atoms with Crippen molar-refractivity contribution in [1.29, 1.82) is 0 Å². The van der Waals surface area contributed by atoms with Gasteiger partial charge in [-0.1, -0.05) is 42.5 Å². The molecule has 0 aliphatic carbocycles. The molecule has 0 saturated carbocycles. The third kappa shape index (κ3) is 3.74. The Hall–Kier alpha value is -3.41. The van der Waals surface area contributed by atoms with Gasteiger partial charge >= 0.3 is 0 Å². The number of nitrogens with zero attached hydrogens (tertiary/aromatic N) is 3. The van der Waals surface area contributed by atoms with Crippen LogP contribution in [0.3, 0.4) is 0 Å². The van der Waals surface area contributed by atoms with E-state index in [1.54, 1.807) is 23.2 Å². The van der Waals surface area contributed by atoms with Gasteiger partial charge in [-0.25, -0.2) is 4.68 Å². The Morgan fingerprint density at radius 3 is 2.56 bits per heavy atom. The van der Waals surface area contributed by atoms with Gasteiger partial charge in [0.1, 0.15) is 5.82 Å². The Morgan fingerprint density at radius 1 is 1.00 bits per heavy atom. The number of nitrogens with one attached hydrogen (secondary N) is 1. The van der Waals surface area contributed by atoms with Gasteiger partial charge in [0.2, 0.25) is 5.91 Å². The van der Waals surface area contributed by atoms with E-state index < -0.39 is 0 Å². The van der Waals surface area contributed by atoms with E-state index in [0.717, 1.165) is 16.9 Å². The van der Waals surface area contributed by atoms with Crippen molar-refractivity contribution in [1.82, 2.24) is 15.1 Å². The van der Waals surface area contributed by atoms with E-state index in [1.165, 1.54) is 0 Å². The molecule has 1 aromatic heterocycles. The minimum absolute atomic E-state index is 0.0904. The number of aromatic nitrogens is 2. The zero-order valence-electron chi connectivity index (χ0n) is 14.8. The first kappa shape index (κ1) is 17.0. The number of carbonyl (C=O) groups is 2. The van der Waals surface area contributed by atoms with E-state index >= 15 is 0 Å². The van der Waals surface area contributed by atoms with Crippen LogP contribution in [0.5, 0.6) is 0 Å². The van der Waals surface area contributed by atoms with Crippen molar-refractivity contribution in [3.8, 4) is 0 Å². The maximum absolute atomic E-state index is 12.3. The highest BCUT2D eigenvalue weighted by molar-refractivity contribution is 5.95. The summed E-state index contributed by atoms with van der Waals surface area (Å²) in [5.41, 5.74) is 2.63. The van der Waals surface area contributed by atoms with Gasteiger partial charge in [0.25, 0.3) is 5.91 Å². The summed E-state index contributed by atoms with van der Waals surface area (Å²) in [4.78, 5) is 26.3. The van der Waals surface area contributed by atoms with Gasteiger partial charge in [-0.2, -0.15) is 5.10 Å². The summed E-state index contributed by atoms with van der Waals surface area (Å²) < 4.78 is 1.84. The number of hydrogen-bond acceptors (Lipinski definition) is 3. The molecule has 136 valence electrons. The largest absolute Gasteiger partial charge is 0.348 e. The van der Waals surface area contributed by atoms with Crippen molar-refractivity contribution < 1.29 is 9.59 Å². The highest BCUT2D eigenvalue weighted by Gasteiger charge is 2.24. The van der Waals surface area contributed by atoms with Crippen LogP contribution in [0.25, 0.3) is 0 Å². The van der Waals surface area contributed by atoms with Crippen LogP contribution in [-0.4, -0.2) is 21.6 Å². The second kappa shape index (κ2) is 7.45. The lowest BCUT2D eigenvalue weighted by Crippen LogP contribution is -2.36. The smallest absolute Gasteiger partial charge is 0.251 e. The lowest BCUT2D eigenvalue weighted by Gasteiger charge is -2.27. The molecule has 2 heterocycles. The minimum atomic E-state index is -0.113. The van der Waals surface area contributed by atoms with E-state index in [0.29, 0.717) is 31.6 Å². The fraction of sp³-hybridized carbons (Fsp3) is 0.190. The first-order chi connectivity index (χ1) is 13.2. The zero-order chi connectivity index (χ0) is 18.6. The number of aryl methyl sites for hydroxylation is 1. The number of hydrogen-bond donors (Lipinski definition) is 1. The van der Waals surface area contributed by atoms with E-state index in [1.807, 2.05) is 53.2 Å². The molecule has 6 heteroatoms. The first-order valence-electron chi connectivity index (χ1n) is 8.94. The zero-order valence-corrected chi connectivity index (χ0v) is 14.8. The van der Waals surface area contributed by atoms with Crippen LogP contribution in [-0.2, 0) is 24.4 Å². The van der Waals surface area contributed by atoms with Gasteiger partial charge in [0.05, 0.1) is 19.3 Å². The second-order valence-corrected chi connectivity index (χ2v) is 6.51. The molecule has 2 amide bonds. The van der Waals surface area contributed by atoms with Crippen LogP contribution in [0, 0.1) is 0 Å². The average Bonchev–Trinajstić information content (AvgIpc) is 3.19. The van der Waals surface area contributed by atoms with Gasteiger partial charge in [-0.15, -0.1) is 0 Å². The molecule has 0 saturated heterocycles. The maximum atomic E-state index is 12.3. The number of amides is 2. The molecule has 3 aromatic rings. The molecule has 1 N–H and O–H groups in total. The lowest BCUT2D eigenvalue weighted by molar-refractivity contribution is -0.119. The minimum Gasteiger partial charge on any atom is -0.348 e. The molecule has 0 atom stereocenters. The van der Waals surface area contributed by atoms with Crippen LogP contribution in [0.15, 0.2) is 66.9 Å². The van der Waals surface area contributed by atoms with Gasteiger partial charge in [0.15, 0.2) is 0 Å². The van der Waals surface area contributed by atoms with E-state index in [-0.39, 0.29) is 11.8 Å². The molecule has 0 spiro atoms. The first-order valence-corrected chi connectivity index (χ1v) is 8.94. The normalized spacial score (nSPS) is 13.3. The molecule has 6 nitrogen and oxygen atoms in total. The number of anilines is 1. The lowest BCUT2D eigenvalue weighted by atomic mass is 10.1. The summed E-state index contributed by atoms with van der Waals surface area (Å²) in [6.45, 7) is 1.59. The van der Waals surface area contributed by atoms with Gasteiger partial charge < -0.3 is 5.32 Å². The third-order valence-corrected chi connectivity index (χ3v) is 4.66. The number of carbonyl (C=O) groups excluding carboxylic acids is 2. The molecule has 1 aliphatic heterocycles. The van der Waals surface area contributed by atoms with Crippen molar-refractivity contribution >= 4 is 17.6 Å². The third-order valence-electron chi connectivity index (χ3n) is 4.66. The second-order valence-electron chi connectivity index (χ2n) is 6.51. The summed E-state index contributed by atoms with van der Waals surface area (Å²) in [6, 6.07) is 19.0. The molecular weight excluding hydrogens is 340 g/mol. The van der Waals surface area contributed by atoms with E-state index in [9.17, 15) is 9.59 Å². The SMILES string of the molecule is O=C(NCc1ccccc1)c1ccc(CN2C(=O)CCn3nccc32)cc1. The van der Waals surface area contributed by atoms with Crippen molar-refractivity contribution in [2.24, 2.45) is 0 Å². The van der Waals surface area contributed by atoms with Crippen molar-refractivity contribution in [3.05, 3.63) is 83.6 Å². The van der Waals surface area contributed by atoms with E-state index in [4.69, 9.17) is 0 Å². The molecular formula is C21H20N4O2. The summed E-state index contributed by atoms with van der Waals surface area (Å²) >= 11 is 0. The predicted molar refractivity (Wildman–Crippen MR) is 102 cm³/mol. The molecule has 0 radical (unpaired) electrons. The molecule has 27 heavy (non-hydrogen) atoms. The molecule has 1 aliphatic rings. The average molecular weight is 360 g/mol.